The molecule has 3 heterocycles. The molecule has 4 heteroatoms. The largest absolute Gasteiger partial charge is 0.454 e. The SMILES string of the molecule is c1ccc(N(c2ccc(-c3ccc4c(c3)oc3c5ccccc5sc43)cc2)c2ccc(-c3ccc4sc5ccccc5c4c3)cc2)cc1. The van der Waals surface area contributed by atoms with Crippen LogP contribution in [0.1, 0.15) is 0 Å². The fourth-order valence-corrected chi connectivity index (χ4v) is 9.17. The van der Waals surface area contributed by atoms with Gasteiger partial charge in [-0.2, -0.15) is 0 Å². The molecule has 0 aliphatic rings. The van der Waals surface area contributed by atoms with Gasteiger partial charge in [0.2, 0.25) is 0 Å². The Bertz CT molecular complexity index is 2770. The van der Waals surface area contributed by atoms with Gasteiger partial charge < -0.3 is 9.32 Å². The summed E-state index contributed by atoms with van der Waals surface area (Å²) < 4.78 is 11.6. The molecule has 0 bridgehead atoms. The first-order chi connectivity index (χ1) is 23.8. The molecule has 0 amide bonds. The number of thiophene rings is 2. The third-order valence-corrected chi connectivity index (χ3v) is 11.6. The van der Waals surface area contributed by atoms with Crippen molar-refractivity contribution in [2.45, 2.75) is 0 Å². The molecular formula is C44H27NOS2. The summed E-state index contributed by atoms with van der Waals surface area (Å²) in [5, 5.41) is 5.01. The van der Waals surface area contributed by atoms with E-state index in [0.29, 0.717) is 0 Å². The van der Waals surface area contributed by atoms with Crippen LogP contribution in [-0.4, -0.2) is 0 Å². The van der Waals surface area contributed by atoms with Gasteiger partial charge in [-0.15, -0.1) is 22.7 Å². The van der Waals surface area contributed by atoms with E-state index in [-0.39, 0.29) is 0 Å². The van der Waals surface area contributed by atoms with Gasteiger partial charge in [0.05, 0.1) is 4.70 Å². The molecule has 0 aliphatic heterocycles. The van der Waals surface area contributed by atoms with Crippen LogP contribution < -0.4 is 4.90 Å². The van der Waals surface area contributed by atoms with Crippen LogP contribution >= 0.6 is 22.7 Å². The lowest BCUT2D eigenvalue weighted by Gasteiger charge is -2.26. The Morgan fingerprint density at radius 1 is 0.375 bits per heavy atom. The highest BCUT2D eigenvalue weighted by atomic mass is 32.1. The van der Waals surface area contributed by atoms with E-state index in [9.17, 15) is 0 Å². The van der Waals surface area contributed by atoms with Crippen molar-refractivity contribution >= 4 is 91.2 Å². The Morgan fingerprint density at radius 3 is 1.65 bits per heavy atom. The van der Waals surface area contributed by atoms with Gasteiger partial charge in [0.25, 0.3) is 0 Å². The predicted molar refractivity (Wildman–Crippen MR) is 208 cm³/mol. The lowest BCUT2D eigenvalue weighted by molar-refractivity contribution is 0.673. The average Bonchev–Trinajstić information content (AvgIpc) is 3.82. The highest BCUT2D eigenvalue weighted by molar-refractivity contribution is 7.26. The van der Waals surface area contributed by atoms with Crippen molar-refractivity contribution in [3.05, 3.63) is 164 Å². The summed E-state index contributed by atoms with van der Waals surface area (Å²) >= 11 is 3.66. The van der Waals surface area contributed by atoms with E-state index in [2.05, 4.69) is 169 Å². The molecule has 0 fully saturated rings. The molecule has 0 unspecified atom stereocenters. The fraction of sp³-hybridized carbons (Fsp3) is 0. The molecule has 48 heavy (non-hydrogen) atoms. The van der Waals surface area contributed by atoms with Crippen LogP contribution in [0, 0.1) is 0 Å². The highest BCUT2D eigenvalue weighted by Crippen LogP contribution is 2.43. The Morgan fingerprint density at radius 2 is 0.917 bits per heavy atom. The van der Waals surface area contributed by atoms with Crippen LogP contribution in [0.5, 0.6) is 0 Å². The minimum Gasteiger partial charge on any atom is -0.454 e. The molecule has 10 aromatic rings. The second-order valence-corrected chi connectivity index (χ2v) is 14.3. The maximum atomic E-state index is 6.43. The first-order valence-electron chi connectivity index (χ1n) is 16.1. The Labute approximate surface area is 285 Å². The van der Waals surface area contributed by atoms with Gasteiger partial charge in [-0.05, 0) is 101 Å². The summed E-state index contributed by atoms with van der Waals surface area (Å²) in [5.41, 5.74) is 10.0. The van der Waals surface area contributed by atoms with Gasteiger partial charge in [0.15, 0.2) is 5.58 Å². The zero-order chi connectivity index (χ0) is 31.6. The summed E-state index contributed by atoms with van der Waals surface area (Å²) in [6.45, 7) is 0. The van der Waals surface area contributed by atoms with Gasteiger partial charge >= 0.3 is 0 Å². The van der Waals surface area contributed by atoms with Crippen molar-refractivity contribution in [1.29, 1.82) is 0 Å². The number of furan rings is 1. The van der Waals surface area contributed by atoms with Crippen molar-refractivity contribution in [3.8, 4) is 22.3 Å². The molecule has 0 spiro atoms. The van der Waals surface area contributed by atoms with Crippen LogP contribution in [0.25, 0.3) is 73.8 Å². The lowest BCUT2D eigenvalue weighted by atomic mass is 10.0. The second-order valence-electron chi connectivity index (χ2n) is 12.1. The molecule has 7 aromatic carbocycles. The molecule has 2 nitrogen and oxygen atoms in total. The van der Waals surface area contributed by atoms with Gasteiger partial charge in [0, 0.05) is 52.7 Å². The zero-order valence-corrected chi connectivity index (χ0v) is 27.4. The third-order valence-electron chi connectivity index (χ3n) is 9.30. The van der Waals surface area contributed by atoms with Crippen molar-refractivity contribution in [1.82, 2.24) is 0 Å². The van der Waals surface area contributed by atoms with Crippen LogP contribution in [0.2, 0.25) is 0 Å². The maximum Gasteiger partial charge on any atom is 0.154 e. The van der Waals surface area contributed by atoms with Crippen LogP contribution in [0.15, 0.2) is 168 Å². The highest BCUT2D eigenvalue weighted by Gasteiger charge is 2.16. The average molecular weight is 650 g/mol. The topological polar surface area (TPSA) is 16.4 Å². The molecule has 3 aromatic heterocycles. The van der Waals surface area contributed by atoms with Crippen molar-refractivity contribution in [3.63, 3.8) is 0 Å². The summed E-state index contributed by atoms with van der Waals surface area (Å²) in [4.78, 5) is 2.32. The third kappa shape index (κ3) is 4.45. The van der Waals surface area contributed by atoms with Crippen LogP contribution in [0.4, 0.5) is 17.1 Å². The van der Waals surface area contributed by atoms with Crippen LogP contribution in [0.3, 0.4) is 0 Å². The van der Waals surface area contributed by atoms with E-state index in [1.165, 1.54) is 51.5 Å². The molecule has 0 aliphatic carbocycles. The van der Waals surface area contributed by atoms with Gasteiger partial charge in [-0.1, -0.05) is 84.9 Å². The second kappa shape index (κ2) is 11.0. The molecule has 226 valence electrons. The zero-order valence-electron chi connectivity index (χ0n) is 25.8. The first-order valence-corrected chi connectivity index (χ1v) is 17.7. The number of hydrogen-bond donors (Lipinski definition) is 0. The normalized spacial score (nSPS) is 11.8. The minimum atomic E-state index is 0.931. The van der Waals surface area contributed by atoms with Crippen molar-refractivity contribution < 1.29 is 4.42 Å². The summed E-state index contributed by atoms with van der Waals surface area (Å²) in [6.07, 6.45) is 0. The van der Waals surface area contributed by atoms with Gasteiger partial charge in [-0.3, -0.25) is 0 Å². The quantitative estimate of drug-likeness (QED) is 0.184. The molecule has 0 saturated heterocycles. The molecule has 0 N–H and O–H groups in total. The number of rotatable bonds is 5. The van der Waals surface area contributed by atoms with E-state index in [0.717, 1.165) is 39.4 Å². The lowest BCUT2D eigenvalue weighted by Crippen LogP contribution is -2.09. The molecule has 10 rings (SSSR count). The Kier molecular flexibility index (Phi) is 6.26. The van der Waals surface area contributed by atoms with Crippen molar-refractivity contribution in [2.75, 3.05) is 4.90 Å². The Balaban J connectivity index is 0.992. The van der Waals surface area contributed by atoms with E-state index >= 15 is 0 Å². The summed E-state index contributed by atoms with van der Waals surface area (Å²) in [6, 6.07) is 58.9. The molecule has 0 saturated carbocycles. The number of benzene rings is 7. The van der Waals surface area contributed by atoms with Gasteiger partial charge in [-0.25, -0.2) is 0 Å². The van der Waals surface area contributed by atoms with E-state index in [4.69, 9.17) is 4.42 Å². The Hall–Kier alpha value is -5.68. The number of hydrogen-bond acceptors (Lipinski definition) is 4. The summed E-state index contributed by atoms with van der Waals surface area (Å²) in [5.74, 6) is 0. The number of nitrogens with zero attached hydrogens (tertiary/aromatic N) is 1. The smallest absolute Gasteiger partial charge is 0.154 e. The van der Waals surface area contributed by atoms with E-state index in [1.54, 1.807) is 11.3 Å². The number of fused-ring (bicyclic) bond motifs is 8. The number of para-hydroxylation sites is 1. The molecule has 0 radical (unpaired) electrons. The first kappa shape index (κ1) is 27.4. The fourth-order valence-electron chi connectivity index (χ4n) is 6.92. The molecule has 0 atom stereocenters. The standard InChI is InChI=1S/C44H27NOS2/c1-2-8-32(9-3-1)45(33-20-14-28(15-21-33)30-19-25-42-38(26-30)35-10-4-6-12-40(35)47-42)34-22-16-29(17-23-34)31-18-24-36-39(27-31)46-43-37-11-5-7-13-41(37)48-44(36)43/h1-27H. The van der Waals surface area contributed by atoms with Gasteiger partial charge in [0.1, 0.15) is 5.58 Å². The van der Waals surface area contributed by atoms with Crippen molar-refractivity contribution in [2.24, 2.45) is 0 Å². The van der Waals surface area contributed by atoms with E-state index < -0.39 is 0 Å². The predicted octanol–water partition coefficient (Wildman–Crippen LogP) is 14.0. The monoisotopic (exact) mass is 649 g/mol. The van der Waals surface area contributed by atoms with Crippen LogP contribution in [-0.2, 0) is 0 Å². The number of anilines is 3. The maximum absolute atomic E-state index is 6.43. The minimum absolute atomic E-state index is 0.931. The molecular weight excluding hydrogens is 623 g/mol. The summed E-state index contributed by atoms with van der Waals surface area (Å²) in [7, 11) is 0. The van der Waals surface area contributed by atoms with E-state index in [1.807, 2.05) is 11.3 Å².